The Balaban J connectivity index is 1.89. The van der Waals surface area contributed by atoms with Gasteiger partial charge >= 0.3 is 6.18 Å². The van der Waals surface area contributed by atoms with E-state index in [2.05, 4.69) is 10.3 Å². The van der Waals surface area contributed by atoms with Crippen LogP contribution in [0.5, 0.6) is 0 Å². The Morgan fingerprint density at radius 1 is 1.42 bits per heavy atom. The quantitative estimate of drug-likeness (QED) is 0.708. The standard InChI is InChI=1S/C17H16F3N3O2S/c1-2-12(24)7-21-15(25)14-9-26-16-22-13(8-23(14)16)10-4-3-5-11(6-10)17(18,19)20/h3-6,8-9,12,24H,2,7H2,1H3,(H,21,25)/t12-/m1/s1. The second-order valence-electron chi connectivity index (χ2n) is 5.75. The number of hydrogen-bond acceptors (Lipinski definition) is 4. The van der Waals surface area contributed by atoms with Gasteiger partial charge < -0.3 is 10.4 Å². The smallest absolute Gasteiger partial charge is 0.391 e. The summed E-state index contributed by atoms with van der Waals surface area (Å²) in [6, 6.07) is 4.90. The highest BCUT2D eigenvalue weighted by atomic mass is 32.1. The molecule has 0 aliphatic carbocycles. The molecule has 2 heterocycles. The summed E-state index contributed by atoms with van der Waals surface area (Å²) < 4.78 is 40.2. The van der Waals surface area contributed by atoms with Gasteiger partial charge in [0.1, 0.15) is 5.69 Å². The summed E-state index contributed by atoms with van der Waals surface area (Å²) in [5.74, 6) is -0.378. The van der Waals surface area contributed by atoms with Gasteiger partial charge in [-0.3, -0.25) is 9.20 Å². The number of fused-ring (bicyclic) bond motifs is 1. The van der Waals surface area contributed by atoms with Crippen LogP contribution in [0.4, 0.5) is 13.2 Å². The number of aliphatic hydroxyl groups excluding tert-OH is 1. The minimum absolute atomic E-state index is 0.127. The Hall–Kier alpha value is -2.39. The molecule has 0 unspecified atom stereocenters. The van der Waals surface area contributed by atoms with Crippen LogP contribution in [0.1, 0.15) is 29.4 Å². The molecule has 0 radical (unpaired) electrons. The highest BCUT2D eigenvalue weighted by Crippen LogP contribution is 2.32. The van der Waals surface area contributed by atoms with E-state index < -0.39 is 17.8 Å². The molecule has 3 rings (SSSR count). The summed E-state index contributed by atoms with van der Waals surface area (Å²) >= 11 is 1.21. The summed E-state index contributed by atoms with van der Waals surface area (Å²) in [4.78, 5) is 17.1. The van der Waals surface area contributed by atoms with Crippen molar-refractivity contribution in [1.29, 1.82) is 0 Å². The van der Waals surface area contributed by atoms with E-state index in [0.717, 1.165) is 12.1 Å². The molecule has 0 spiro atoms. The van der Waals surface area contributed by atoms with Gasteiger partial charge in [0, 0.05) is 23.7 Å². The topological polar surface area (TPSA) is 66.6 Å². The van der Waals surface area contributed by atoms with Crippen molar-refractivity contribution < 1.29 is 23.1 Å². The molecule has 26 heavy (non-hydrogen) atoms. The molecule has 0 saturated heterocycles. The number of carbonyl (C=O) groups is 1. The fraction of sp³-hybridized carbons (Fsp3) is 0.294. The van der Waals surface area contributed by atoms with E-state index in [0.29, 0.717) is 28.3 Å². The maximum atomic E-state index is 12.9. The third-order valence-corrected chi connectivity index (χ3v) is 4.74. The zero-order chi connectivity index (χ0) is 18.9. The van der Waals surface area contributed by atoms with Gasteiger partial charge in [-0.25, -0.2) is 4.98 Å². The average molecular weight is 383 g/mol. The predicted octanol–water partition coefficient (Wildman–Crippen LogP) is 3.58. The Morgan fingerprint density at radius 3 is 2.88 bits per heavy atom. The molecule has 2 N–H and O–H groups in total. The van der Waals surface area contributed by atoms with Gasteiger partial charge in [0.25, 0.3) is 5.91 Å². The summed E-state index contributed by atoms with van der Waals surface area (Å²) in [5, 5.41) is 13.8. The largest absolute Gasteiger partial charge is 0.416 e. The van der Waals surface area contributed by atoms with E-state index in [-0.39, 0.29) is 12.5 Å². The number of nitrogens with one attached hydrogen (secondary N) is 1. The van der Waals surface area contributed by atoms with Crippen molar-refractivity contribution in [3.63, 3.8) is 0 Å². The number of alkyl halides is 3. The van der Waals surface area contributed by atoms with Crippen LogP contribution in [0.15, 0.2) is 35.8 Å². The van der Waals surface area contributed by atoms with E-state index >= 15 is 0 Å². The summed E-state index contributed by atoms with van der Waals surface area (Å²) in [6.45, 7) is 1.93. The van der Waals surface area contributed by atoms with Gasteiger partial charge in [0.05, 0.1) is 17.4 Å². The Morgan fingerprint density at radius 2 is 2.19 bits per heavy atom. The minimum atomic E-state index is -4.43. The van der Waals surface area contributed by atoms with Gasteiger partial charge in [0.2, 0.25) is 0 Å². The van der Waals surface area contributed by atoms with Crippen molar-refractivity contribution in [3.05, 3.63) is 47.1 Å². The number of aromatic nitrogens is 2. The molecule has 0 fully saturated rings. The lowest BCUT2D eigenvalue weighted by molar-refractivity contribution is -0.137. The SMILES string of the molecule is CC[C@@H](O)CNC(=O)c1csc2nc(-c3cccc(C(F)(F)F)c3)cn12. The molecule has 1 aromatic carbocycles. The molecule has 1 atom stereocenters. The Labute approximate surface area is 151 Å². The normalized spacial score (nSPS) is 13.1. The zero-order valence-electron chi connectivity index (χ0n) is 13.7. The molecule has 1 amide bonds. The fourth-order valence-electron chi connectivity index (χ4n) is 2.39. The molecule has 138 valence electrons. The van der Waals surface area contributed by atoms with Crippen molar-refractivity contribution in [2.45, 2.75) is 25.6 Å². The number of imidazole rings is 1. The maximum Gasteiger partial charge on any atom is 0.416 e. The first kappa shape index (κ1) is 18.4. The minimum Gasteiger partial charge on any atom is -0.391 e. The molecule has 0 aliphatic heterocycles. The molecule has 9 heteroatoms. The van der Waals surface area contributed by atoms with E-state index in [1.807, 2.05) is 0 Å². The third kappa shape index (κ3) is 3.73. The Bertz CT molecular complexity index is 933. The number of nitrogens with zero attached hydrogens (tertiary/aromatic N) is 2. The van der Waals surface area contributed by atoms with Crippen LogP contribution >= 0.6 is 11.3 Å². The van der Waals surface area contributed by atoms with Gasteiger partial charge in [-0.05, 0) is 18.6 Å². The molecule has 0 saturated carbocycles. The molecule has 2 aromatic heterocycles. The van der Waals surface area contributed by atoms with Crippen LogP contribution < -0.4 is 5.32 Å². The van der Waals surface area contributed by atoms with Gasteiger partial charge in [-0.1, -0.05) is 19.1 Å². The van der Waals surface area contributed by atoms with E-state index in [1.165, 1.54) is 28.0 Å². The summed E-state index contributed by atoms with van der Waals surface area (Å²) in [7, 11) is 0. The summed E-state index contributed by atoms with van der Waals surface area (Å²) in [5.41, 5.74) is 0.242. The molecule has 0 bridgehead atoms. The number of thiazole rings is 1. The van der Waals surface area contributed by atoms with Crippen LogP contribution in [0.25, 0.3) is 16.2 Å². The Kier molecular flexibility index (Phi) is 5.01. The van der Waals surface area contributed by atoms with Crippen molar-refractivity contribution in [2.75, 3.05) is 6.54 Å². The number of benzene rings is 1. The first-order chi connectivity index (χ1) is 12.3. The summed E-state index contributed by atoms with van der Waals surface area (Å²) in [6.07, 6.45) is -3.01. The maximum absolute atomic E-state index is 12.9. The highest BCUT2D eigenvalue weighted by molar-refractivity contribution is 7.15. The van der Waals surface area contributed by atoms with Gasteiger partial charge in [0.15, 0.2) is 4.96 Å². The average Bonchev–Trinajstić information content (AvgIpc) is 3.19. The molecule has 3 aromatic rings. The lowest BCUT2D eigenvalue weighted by atomic mass is 10.1. The second kappa shape index (κ2) is 7.08. The van der Waals surface area contributed by atoms with Crippen molar-refractivity contribution in [3.8, 4) is 11.3 Å². The van der Waals surface area contributed by atoms with Crippen LogP contribution in [-0.2, 0) is 6.18 Å². The molecule has 5 nitrogen and oxygen atoms in total. The van der Waals surface area contributed by atoms with E-state index in [4.69, 9.17) is 0 Å². The van der Waals surface area contributed by atoms with E-state index in [9.17, 15) is 23.1 Å². The lowest BCUT2D eigenvalue weighted by Crippen LogP contribution is -2.32. The molecular formula is C17H16F3N3O2S. The fourth-order valence-corrected chi connectivity index (χ4v) is 3.24. The van der Waals surface area contributed by atoms with Crippen LogP contribution in [-0.4, -0.2) is 33.0 Å². The van der Waals surface area contributed by atoms with Crippen molar-refractivity contribution in [1.82, 2.24) is 14.7 Å². The number of aliphatic hydroxyl groups is 1. The zero-order valence-corrected chi connectivity index (χ0v) is 14.6. The van der Waals surface area contributed by atoms with Crippen LogP contribution in [0.3, 0.4) is 0 Å². The van der Waals surface area contributed by atoms with Crippen LogP contribution in [0, 0.1) is 0 Å². The monoisotopic (exact) mass is 383 g/mol. The number of carbonyl (C=O) groups excluding carboxylic acids is 1. The van der Waals surface area contributed by atoms with Crippen molar-refractivity contribution >= 4 is 22.2 Å². The van der Waals surface area contributed by atoms with Gasteiger partial charge in [-0.15, -0.1) is 11.3 Å². The second-order valence-corrected chi connectivity index (χ2v) is 6.59. The molecular weight excluding hydrogens is 367 g/mol. The van der Waals surface area contributed by atoms with Gasteiger partial charge in [-0.2, -0.15) is 13.2 Å². The lowest BCUT2D eigenvalue weighted by Gasteiger charge is -2.08. The predicted molar refractivity (Wildman–Crippen MR) is 92.1 cm³/mol. The van der Waals surface area contributed by atoms with Crippen LogP contribution in [0.2, 0.25) is 0 Å². The number of hydrogen-bond donors (Lipinski definition) is 2. The molecule has 0 aliphatic rings. The van der Waals surface area contributed by atoms with Crippen molar-refractivity contribution in [2.24, 2.45) is 0 Å². The number of rotatable bonds is 5. The first-order valence-corrected chi connectivity index (χ1v) is 8.78. The van der Waals surface area contributed by atoms with E-state index in [1.54, 1.807) is 18.4 Å². The number of halogens is 3. The highest BCUT2D eigenvalue weighted by Gasteiger charge is 2.30. The number of amides is 1. The first-order valence-electron chi connectivity index (χ1n) is 7.90. The third-order valence-electron chi connectivity index (χ3n) is 3.90.